The Hall–Kier alpha value is -1.65. The molecule has 3 nitrogen and oxygen atoms in total. The molecule has 0 aliphatic heterocycles. The van der Waals surface area contributed by atoms with Gasteiger partial charge in [0.05, 0.1) is 6.61 Å². The molecule has 0 heterocycles. The lowest BCUT2D eigenvalue weighted by Gasteiger charge is -2.40. The summed E-state index contributed by atoms with van der Waals surface area (Å²) in [7, 11) is -9.70. The van der Waals surface area contributed by atoms with Crippen molar-refractivity contribution in [1.82, 2.24) is 0 Å². The summed E-state index contributed by atoms with van der Waals surface area (Å²) >= 11 is 2.98. The van der Waals surface area contributed by atoms with E-state index in [1.165, 1.54) is 0 Å². The molecule has 0 radical (unpaired) electrons. The van der Waals surface area contributed by atoms with Crippen molar-refractivity contribution in [3.63, 3.8) is 0 Å². The van der Waals surface area contributed by atoms with Crippen LogP contribution in [0.2, 0.25) is 0 Å². The van der Waals surface area contributed by atoms with Crippen LogP contribution in [0.15, 0.2) is 47.4 Å². The molecule has 0 bridgehead atoms. The molecule has 132 valence electrons. The van der Waals surface area contributed by atoms with Crippen LogP contribution in [0.3, 0.4) is 0 Å². The van der Waals surface area contributed by atoms with Crippen LogP contribution < -0.4 is 5.32 Å². The number of rotatable bonds is 5. The van der Waals surface area contributed by atoms with Gasteiger partial charge in [-0.25, -0.2) is 0 Å². The molecule has 0 spiro atoms. The van der Waals surface area contributed by atoms with Crippen LogP contribution in [0, 0.1) is 5.41 Å². The van der Waals surface area contributed by atoms with Gasteiger partial charge in [0.15, 0.2) is 0 Å². The van der Waals surface area contributed by atoms with Crippen LogP contribution in [0.1, 0.15) is 11.1 Å². The van der Waals surface area contributed by atoms with Gasteiger partial charge in [0.1, 0.15) is 9.52 Å². The first-order chi connectivity index (χ1) is 10.8. The van der Waals surface area contributed by atoms with Gasteiger partial charge in [0.2, 0.25) is 0 Å². The highest BCUT2D eigenvalue weighted by atomic mass is 79.9. The fourth-order valence-corrected chi connectivity index (χ4v) is 3.16. The Kier molecular flexibility index (Phi) is 4.23. The van der Waals surface area contributed by atoms with E-state index in [0.717, 1.165) is 12.1 Å². The molecule has 0 saturated carbocycles. The minimum Gasteiger partial charge on any atom is -0.392 e. The largest absolute Gasteiger partial charge is 0.392 e. The zero-order valence-corrected chi connectivity index (χ0v) is 14.3. The first-order valence-electron chi connectivity index (χ1n) is 6.40. The van der Waals surface area contributed by atoms with Crippen molar-refractivity contribution in [2.45, 2.75) is 11.5 Å². The van der Waals surface area contributed by atoms with Crippen LogP contribution in [0.5, 0.6) is 0 Å². The van der Waals surface area contributed by atoms with E-state index in [-0.39, 0.29) is 16.9 Å². The molecule has 0 unspecified atom stereocenters. The summed E-state index contributed by atoms with van der Waals surface area (Å²) in [5, 5.41) is 19.7. The summed E-state index contributed by atoms with van der Waals surface area (Å²) in [4.78, 5) is -1.97. The third-order valence-corrected chi connectivity index (χ3v) is 4.68. The molecule has 10 heteroatoms. The number of benzene rings is 2. The number of hydrogen-bond donors (Lipinski definition) is 3. The molecule has 0 aliphatic carbocycles. The molecular weight excluding hydrogens is 419 g/mol. The fraction of sp³-hybridized carbons (Fsp3) is 0.0714. The Morgan fingerprint density at radius 1 is 1.04 bits per heavy atom. The summed E-state index contributed by atoms with van der Waals surface area (Å²) < 4.78 is 63.4. The van der Waals surface area contributed by atoms with Gasteiger partial charge in [-0.3, -0.25) is 5.41 Å². The second-order valence-electron chi connectivity index (χ2n) is 4.93. The minimum atomic E-state index is -9.70. The average Bonchev–Trinajstić information content (AvgIpc) is 2.44. The van der Waals surface area contributed by atoms with Crippen LogP contribution in [-0.4, -0.2) is 9.73 Å². The maximum Gasteiger partial charge on any atom is 0.310 e. The number of anilines is 2. The average molecular weight is 431 g/mol. The third kappa shape index (κ3) is 4.25. The number of aliphatic hydroxyl groups excluding tert-OH is 1. The lowest BCUT2D eigenvalue weighted by Crippen LogP contribution is -2.06. The summed E-state index contributed by atoms with van der Waals surface area (Å²) in [6.07, 6.45) is 0. The van der Waals surface area contributed by atoms with Crippen molar-refractivity contribution < 1.29 is 24.5 Å². The summed E-state index contributed by atoms with van der Waals surface area (Å²) in [5.41, 5.74) is 1.21. The predicted octanol–water partition coefficient (Wildman–Crippen LogP) is 6.30. The van der Waals surface area contributed by atoms with Gasteiger partial charge in [-0.05, 0) is 51.8 Å². The quantitative estimate of drug-likeness (QED) is 0.385. The molecular formula is C14H12BrF5N2OS. The van der Waals surface area contributed by atoms with E-state index in [2.05, 4.69) is 21.2 Å². The fourth-order valence-electron chi connectivity index (χ4n) is 2.05. The summed E-state index contributed by atoms with van der Waals surface area (Å²) in [6, 6.07) is 7.06. The zero-order chi connectivity index (χ0) is 18.2. The van der Waals surface area contributed by atoms with Gasteiger partial charge < -0.3 is 10.4 Å². The van der Waals surface area contributed by atoms with Gasteiger partial charge in [-0.2, -0.15) is 0 Å². The molecule has 0 aromatic heterocycles. The molecule has 0 amide bonds. The normalized spacial score (nSPS) is 14.6. The van der Waals surface area contributed by atoms with Gasteiger partial charge in [-0.15, -0.1) is 0 Å². The maximum atomic E-state index is 12.7. The second-order valence-corrected chi connectivity index (χ2v) is 8.13. The Labute approximate surface area is 142 Å². The minimum absolute atomic E-state index is 0.0433. The Balaban J connectivity index is 2.39. The van der Waals surface area contributed by atoms with Crippen molar-refractivity contribution in [1.29, 1.82) is 5.41 Å². The molecule has 2 aromatic rings. The third-order valence-electron chi connectivity index (χ3n) is 3.12. The SMILES string of the molecule is N=C(Br)c1c(CO)cccc1Nc1ccc(S(F)(F)(F)(F)F)cc1. The first-order valence-corrected chi connectivity index (χ1v) is 9.14. The molecule has 0 saturated heterocycles. The number of halogens is 6. The van der Waals surface area contributed by atoms with Crippen molar-refractivity contribution in [3.8, 4) is 0 Å². The van der Waals surface area contributed by atoms with Crippen LogP contribution in [-0.2, 0) is 6.61 Å². The van der Waals surface area contributed by atoms with E-state index in [4.69, 9.17) is 5.41 Å². The molecule has 2 rings (SSSR count). The highest BCUT2D eigenvalue weighted by Gasteiger charge is 2.65. The first kappa shape index (κ1) is 18.7. The highest BCUT2D eigenvalue weighted by molar-refractivity contribution is 9.18. The van der Waals surface area contributed by atoms with E-state index in [9.17, 15) is 24.5 Å². The molecule has 0 aliphatic rings. The molecule has 3 N–H and O–H groups in total. The van der Waals surface area contributed by atoms with Crippen molar-refractivity contribution in [2.24, 2.45) is 0 Å². The van der Waals surface area contributed by atoms with E-state index >= 15 is 0 Å². The van der Waals surface area contributed by atoms with Crippen LogP contribution in [0.4, 0.5) is 30.8 Å². The van der Waals surface area contributed by atoms with E-state index in [1.54, 1.807) is 18.2 Å². The standard InChI is InChI=1S/C14H12BrF5N2OS/c15-14(21)13-9(8-23)2-1-3-12(13)22-10-4-6-11(7-5-10)24(16,17,18,19)20/h1-7,21-23H,8H2. The van der Waals surface area contributed by atoms with Gasteiger partial charge in [0.25, 0.3) is 0 Å². The lowest BCUT2D eigenvalue weighted by molar-refractivity contribution is 0.281. The Morgan fingerprint density at radius 2 is 1.62 bits per heavy atom. The number of aliphatic hydroxyl groups is 1. The molecule has 24 heavy (non-hydrogen) atoms. The zero-order valence-electron chi connectivity index (χ0n) is 11.9. The topological polar surface area (TPSA) is 56.1 Å². The van der Waals surface area contributed by atoms with Crippen LogP contribution >= 0.6 is 26.2 Å². The van der Waals surface area contributed by atoms with Gasteiger partial charge >= 0.3 is 10.2 Å². The Morgan fingerprint density at radius 3 is 2.08 bits per heavy atom. The van der Waals surface area contributed by atoms with Gasteiger partial charge in [-0.1, -0.05) is 31.6 Å². The van der Waals surface area contributed by atoms with E-state index < -0.39 is 15.1 Å². The maximum absolute atomic E-state index is 12.7. The summed E-state index contributed by atoms with van der Waals surface area (Å²) in [5.74, 6) is 0. The van der Waals surface area contributed by atoms with Crippen molar-refractivity contribution in [2.75, 3.05) is 5.32 Å². The van der Waals surface area contributed by atoms with Crippen molar-refractivity contribution in [3.05, 3.63) is 53.6 Å². The van der Waals surface area contributed by atoms with Crippen LogP contribution in [0.25, 0.3) is 0 Å². The highest BCUT2D eigenvalue weighted by Crippen LogP contribution is 3.02. The van der Waals surface area contributed by atoms with Gasteiger partial charge in [0, 0.05) is 16.9 Å². The van der Waals surface area contributed by atoms with E-state index in [1.807, 2.05) is 0 Å². The molecule has 0 fully saturated rings. The lowest BCUT2D eigenvalue weighted by atomic mass is 10.1. The molecule has 2 aromatic carbocycles. The smallest absolute Gasteiger partial charge is 0.310 e. The number of hydrogen-bond acceptors (Lipinski definition) is 3. The number of nitrogens with one attached hydrogen (secondary N) is 2. The van der Waals surface area contributed by atoms with E-state index in [0.29, 0.717) is 28.9 Å². The predicted molar refractivity (Wildman–Crippen MR) is 89.2 cm³/mol. The monoisotopic (exact) mass is 430 g/mol. The molecule has 0 atom stereocenters. The second kappa shape index (κ2) is 5.43. The summed E-state index contributed by atoms with van der Waals surface area (Å²) in [6.45, 7) is -0.345. The van der Waals surface area contributed by atoms with Crippen molar-refractivity contribution >= 4 is 42.1 Å². The Bertz CT molecular complexity index is 794.